The van der Waals surface area contributed by atoms with Crippen molar-refractivity contribution in [2.75, 3.05) is 20.3 Å². The van der Waals surface area contributed by atoms with Gasteiger partial charge in [-0.25, -0.2) is 0 Å². The van der Waals surface area contributed by atoms with Crippen LogP contribution in [-0.4, -0.2) is 42.2 Å². The monoisotopic (exact) mass is 263 g/mol. The zero-order valence-electron chi connectivity index (χ0n) is 11.5. The fraction of sp³-hybridized carbons (Fsp3) is 0.533. The lowest BCUT2D eigenvalue weighted by Crippen LogP contribution is -2.41. The number of phenols is 1. The van der Waals surface area contributed by atoms with Gasteiger partial charge in [-0.05, 0) is 43.9 Å². The average molecular weight is 263 g/mol. The molecular weight excluding hydrogens is 242 g/mol. The largest absolute Gasteiger partial charge is 0.508 e. The predicted octanol–water partition coefficient (Wildman–Crippen LogP) is 2.28. The molecule has 19 heavy (non-hydrogen) atoms. The Hall–Kier alpha value is -1.55. The Labute approximate surface area is 114 Å². The van der Waals surface area contributed by atoms with Gasteiger partial charge in [-0.15, -0.1) is 0 Å². The Morgan fingerprint density at radius 2 is 2.26 bits per heavy atom. The van der Waals surface area contributed by atoms with Crippen LogP contribution in [-0.2, 0) is 4.74 Å². The summed E-state index contributed by atoms with van der Waals surface area (Å²) in [5.74, 6) is 0.696. The molecule has 0 radical (unpaired) electrons. The van der Waals surface area contributed by atoms with E-state index < -0.39 is 0 Å². The minimum Gasteiger partial charge on any atom is -0.508 e. The number of benzene rings is 1. The minimum atomic E-state index is -0.0349. The molecule has 1 fully saturated rings. The smallest absolute Gasteiger partial charge is 0.254 e. The summed E-state index contributed by atoms with van der Waals surface area (Å²) in [6, 6.07) is 6.74. The van der Waals surface area contributed by atoms with Gasteiger partial charge in [-0.3, -0.25) is 4.79 Å². The Kier molecular flexibility index (Phi) is 4.43. The van der Waals surface area contributed by atoms with Crippen molar-refractivity contribution in [3.63, 3.8) is 0 Å². The van der Waals surface area contributed by atoms with E-state index in [1.165, 1.54) is 18.9 Å². The van der Waals surface area contributed by atoms with Gasteiger partial charge in [0.15, 0.2) is 0 Å². The molecule has 1 unspecified atom stereocenters. The first-order valence-electron chi connectivity index (χ1n) is 6.72. The van der Waals surface area contributed by atoms with Crippen LogP contribution < -0.4 is 0 Å². The molecule has 1 saturated carbocycles. The molecule has 1 amide bonds. The van der Waals surface area contributed by atoms with Crippen LogP contribution in [0.25, 0.3) is 0 Å². The summed E-state index contributed by atoms with van der Waals surface area (Å²) < 4.78 is 5.09. The molecular formula is C15H21NO3. The molecule has 0 aromatic heterocycles. The van der Waals surface area contributed by atoms with Crippen LogP contribution in [0.2, 0.25) is 0 Å². The van der Waals surface area contributed by atoms with Gasteiger partial charge in [0.1, 0.15) is 5.75 Å². The lowest BCUT2D eigenvalue weighted by atomic mass is 10.1. The van der Waals surface area contributed by atoms with Gasteiger partial charge in [0.05, 0.1) is 6.61 Å². The molecule has 0 bridgehead atoms. The molecule has 2 rings (SSSR count). The maximum atomic E-state index is 12.5. The maximum absolute atomic E-state index is 12.5. The number of phenolic OH excluding ortho intramolecular Hbond substituents is 1. The lowest BCUT2D eigenvalue weighted by molar-refractivity contribution is 0.0594. The molecule has 0 heterocycles. The fourth-order valence-electron chi connectivity index (χ4n) is 2.32. The number of aromatic hydroxyl groups is 1. The Morgan fingerprint density at radius 3 is 2.84 bits per heavy atom. The summed E-state index contributed by atoms with van der Waals surface area (Å²) in [5, 5.41) is 9.48. The Bertz CT molecular complexity index is 443. The normalized spacial score (nSPS) is 16.1. The van der Waals surface area contributed by atoms with Gasteiger partial charge in [-0.2, -0.15) is 0 Å². The van der Waals surface area contributed by atoms with Gasteiger partial charge in [-0.1, -0.05) is 6.07 Å². The Balaban J connectivity index is 2.14. The summed E-state index contributed by atoms with van der Waals surface area (Å²) in [6.45, 7) is 3.21. The molecule has 1 aromatic rings. The molecule has 1 atom stereocenters. The standard InChI is InChI=1S/C15H21NO3/c1-11(12-6-7-12)16(8-9-19-2)15(18)13-4-3-5-14(17)10-13/h3-5,10-12,17H,6-9H2,1-2H3. The zero-order chi connectivity index (χ0) is 13.8. The molecule has 0 aliphatic heterocycles. The highest BCUT2D eigenvalue weighted by atomic mass is 16.5. The van der Waals surface area contributed by atoms with Gasteiger partial charge >= 0.3 is 0 Å². The predicted molar refractivity (Wildman–Crippen MR) is 73.2 cm³/mol. The third-order valence-corrected chi connectivity index (χ3v) is 3.69. The van der Waals surface area contributed by atoms with E-state index in [2.05, 4.69) is 6.92 Å². The first-order valence-corrected chi connectivity index (χ1v) is 6.72. The maximum Gasteiger partial charge on any atom is 0.254 e. The molecule has 1 aromatic carbocycles. The highest BCUT2D eigenvalue weighted by Crippen LogP contribution is 2.35. The van der Waals surface area contributed by atoms with Gasteiger partial charge in [0, 0.05) is 25.3 Å². The van der Waals surface area contributed by atoms with E-state index in [0.717, 1.165) is 0 Å². The van der Waals surface area contributed by atoms with Crippen molar-refractivity contribution < 1.29 is 14.6 Å². The Morgan fingerprint density at radius 1 is 1.53 bits per heavy atom. The van der Waals surface area contributed by atoms with Crippen molar-refractivity contribution in [1.82, 2.24) is 4.90 Å². The second kappa shape index (κ2) is 6.06. The van der Waals surface area contributed by atoms with Crippen LogP contribution in [0.1, 0.15) is 30.1 Å². The fourth-order valence-corrected chi connectivity index (χ4v) is 2.32. The van der Waals surface area contributed by atoms with E-state index >= 15 is 0 Å². The number of ether oxygens (including phenoxy) is 1. The molecule has 1 N–H and O–H groups in total. The summed E-state index contributed by atoms with van der Waals surface area (Å²) in [6.07, 6.45) is 2.38. The minimum absolute atomic E-state index is 0.0349. The van der Waals surface area contributed by atoms with Crippen molar-refractivity contribution in [3.8, 4) is 5.75 Å². The second-order valence-corrected chi connectivity index (χ2v) is 5.12. The van der Waals surface area contributed by atoms with E-state index in [0.29, 0.717) is 24.6 Å². The summed E-state index contributed by atoms with van der Waals surface area (Å²) in [7, 11) is 1.64. The zero-order valence-corrected chi connectivity index (χ0v) is 11.5. The number of hydrogen-bond donors (Lipinski definition) is 1. The van der Waals surface area contributed by atoms with Crippen LogP contribution in [0.3, 0.4) is 0 Å². The summed E-state index contributed by atoms with van der Waals surface area (Å²) in [4.78, 5) is 14.4. The van der Waals surface area contributed by atoms with Gasteiger partial charge in [0.25, 0.3) is 5.91 Å². The van der Waals surface area contributed by atoms with E-state index in [1.54, 1.807) is 25.3 Å². The molecule has 4 nitrogen and oxygen atoms in total. The number of rotatable bonds is 6. The van der Waals surface area contributed by atoms with Crippen LogP contribution in [0.5, 0.6) is 5.75 Å². The topological polar surface area (TPSA) is 49.8 Å². The third-order valence-electron chi connectivity index (χ3n) is 3.69. The third kappa shape index (κ3) is 3.47. The lowest BCUT2D eigenvalue weighted by Gasteiger charge is -2.29. The SMILES string of the molecule is COCCN(C(=O)c1cccc(O)c1)C(C)C1CC1. The molecule has 1 aliphatic carbocycles. The van der Waals surface area contributed by atoms with Crippen molar-refractivity contribution in [1.29, 1.82) is 0 Å². The van der Waals surface area contributed by atoms with Crippen LogP contribution in [0.4, 0.5) is 0 Å². The van der Waals surface area contributed by atoms with Crippen LogP contribution in [0.15, 0.2) is 24.3 Å². The summed E-state index contributed by atoms with van der Waals surface area (Å²) in [5.41, 5.74) is 0.531. The first kappa shape index (κ1) is 13.9. The number of carbonyl (C=O) groups is 1. The number of carbonyl (C=O) groups excluding carboxylic acids is 1. The van der Waals surface area contributed by atoms with E-state index in [1.807, 2.05) is 4.90 Å². The number of nitrogens with zero attached hydrogens (tertiary/aromatic N) is 1. The van der Waals surface area contributed by atoms with Gasteiger partial charge in [0.2, 0.25) is 0 Å². The van der Waals surface area contributed by atoms with Crippen molar-refractivity contribution >= 4 is 5.91 Å². The highest BCUT2D eigenvalue weighted by Gasteiger charge is 2.34. The average Bonchev–Trinajstić information content (AvgIpc) is 3.23. The molecule has 1 aliphatic rings. The van der Waals surface area contributed by atoms with E-state index in [-0.39, 0.29) is 17.7 Å². The highest BCUT2D eigenvalue weighted by molar-refractivity contribution is 5.94. The first-order chi connectivity index (χ1) is 9.13. The quantitative estimate of drug-likeness (QED) is 0.856. The number of hydrogen-bond acceptors (Lipinski definition) is 3. The van der Waals surface area contributed by atoms with Gasteiger partial charge < -0.3 is 14.7 Å². The number of methoxy groups -OCH3 is 1. The number of amides is 1. The molecule has 4 heteroatoms. The van der Waals surface area contributed by atoms with Crippen molar-refractivity contribution in [3.05, 3.63) is 29.8 Å². The van der Waals surface area contributed by atoms with Crippen molar-refractivity contribution in [2.45, 2.75) is 25.8 Å². The van der Waals surface area contributed by atoms with E-state index in [9.17, 15) is 9.90 Å². The molecule has 0 saturated heterocycles. The molecule has 104 valence electrons. The van der Waals surface area contributed by atoms with Crippen LogP contribution >= 0.6 is 0 Å². The van der Waals surface area contributed by atoms with Crippen LogP contribution in [0, 0.1) is 5.92 Å². The van der Waals surface area contributed by atoms with E-state index in [4.69, 9.17) is 4.74 Å². The molecule has 0 spiro atoms. The second-order valence-electron chi connectivity index (χ2n) is 5.12. The van der Waals surface area contributed by atoms with Crippen molar-refractivity contribution in [2.24, 2.45) is 5.92 Å². The summed E-state index contributed by atoms with van der Waals surface area (Å²) >= 11 is 0.